The second-order valence-corrected chi connectivity index (χ2v) is 7.43. The predicted octanol–water partition coefficient (Wildman–Crippen LogP) is 4.16. The van der Waals surface area contributed by atoms with Crippen LogP contribution < -0.4 is 0 Å². The van der Waals surface area contributed by atoms with E-state index < -0.39 is 0 Å². The molecular formula is C20H32N2O2. The molecule has 1 aromatic heterocycles. The first-order valence-corrected chi connectivity index (χ1v) is 9.81. The van der Waals surface area contributed by atoms with Crippen LogP contribution in [0.15, 0.2) is 16.5 Å². The first kappa shape index (κ1) is 17.5. The van der Waals surface area contributed by atoms with Gasteiger partial charge in [0.15, 0.2) is 0 Å². The number of hydrogen-bond donors (Lipinski definition) is 0. The van der Waals surface area contributed by atoms with Crippen molar-refractivity contribution in [1.29, 1.82) is 0 Å². The minimum Gasteiger partial charge on any atom is -0.464 e. The summed E-state index contributed by atoms with van der Waals surface area (Å²) in [5.74, 6) is 2.40. The maximum absolute atomic E-state index is 12.9. The van der Waals surface area contributed by atoms with Gasteiger partial charge in [-0.25, -0.2) is 0 Å². The Kier molecular flexibility index (Phi) is 5.99. The molecule has 1 aromatic rings. The highest BCUT2D eigenvalue weighted by Gasteiger charge is 2.30. The van der Waals surface area contributed by atoms with E-state index in [1.165, 1.54) is 25.7 Å². The van der Waals surface area contributed by atoms with E-state index >= 15 is 0 Å². The van der Waals surface area contributed by atoms with Crippen LogP contribution in [-0.4, -0.2) is 41.4 Å². The maximum atomic E-state index is 12.9. The Morgan fingerprint density at radius 1 is 1.12 bits per heavy atom. The van der Waals surface area contributed by atoms with Gasteiger partial charge >= 0.3 is 0 Å². The molecule has 2 fully saturated rings. The van der Waals surface area contributed by atoms with E-state index in [2.05, 4.69) is 35.8 Å². The number of amides is 1. The van der Waals surface area contributed by atoms with Crippen LogP contribution in [0.2, 0.25) is 0 Å². The van der Waals surface area contributed by atoms with Crippen molar-refractivity contribution in [2.45, 2.75) is 77.3 Å². The van der Waals surface area contributed by atoms with E-state index in [0.717, 1.165) is 50.3 Å². The third-order valence-corrected chi connectivity index (χ3v) is 5.68. The van der Waals surface area contributed by atoms with Crippen molar-refractivity contribution in [2.24, 2.45) is 0 Å². The zero-order chi connectivity index (χ0) is 16.9. The van der Waals surface area contributed by atoms with Gasteiger partial charge in [0.2, 0.25) is 5.91 Å². The van der Waals surface area contributed by atoms with E-state index in [0.29, 0.717) is 18.5 Å². The molecule has 3 heterocycles. The fourth-order valence-corrected chi connectivity index (χ4v) is 4.18. The Labute approximate surface area is 146 Å². The first-order valence-electron chi connectivity index (χ1n) is 9.81. The van der Waals surface area contributed by atoms with Crippen LogP contribution in [0.1, 0.15) is 76.4 Å². The summed E-state index contributed by atoms with van der Waals surface area (Å²) in [5.41, 5.74) is 0. The van der Waals surface area contributed by atoms with Gasteiger partial charge in [0, 0.05) is 19.0 Å². The molecule has 0 saturated carbocycles. The molecule has 2 unspecified atom stereocenters. The second-order valence-electron chi connectivity index (χ2n) is 7.43. The molecule has 2 aliphatic heterocycles. The van der Waals surface area contributed by atoms with E-state index in [9.17, 15) is 4.79 Å². The highest BCUT2D eigenvalue weighted by molar-refractivity contribution is 5.78. The zero-order valence-corrected chi connectivity index (χ0v) is 15.3. The number of rotatable bonds is 4. The summed E-state index contributed by atoms with van der Waals surface area (Å²) in [6.45, 7) is 6.78. The molecule has 0 spiro atoms. The number of hydrogen-bond acceptors (Lipinski definition) is 3. The summed E-state index contributed by atoms with van der Waals surface area (Å²) < 4.78 is 6.04. The Bertz CT molecular complexity index is 539. The average molecular weight is 332 g/mol. The molecule has 3 rings (SSSR count). The lowest BCUT2D eigenvalue weighted by Crippen LogP contribution is -2.47. The van der Waals surface area contributed by atoms with E-state index in [-0.39, 0.29) is 6.04 Å². The number of carbonyl (C=O) groups excluding carboxylic acids is 1. The summed E-state index contributed by atoms with van der Waals surface area (Å²) in [6, 6.07) is 4.87. The summed E-state index contributed by atoms with van der Waals surface area (Å²) in [5, 5.41) is 0. The Balaban J connectivity index is 1.71. The molecule has 4 nitrogen and oxygen atoms in total. The molecule has 2 atom stereocenters. The molecule has 0 aromatic carbocycles. The average Bonchev–Trinajstić information content (AvgIpc) is 2.95. The standard InChI is InChI=1S/C20H32N2O2/c1-3-17-11-12-19(24-17)18-10-5-4-7-13-21(18)15-20(23)22-14-8-6-9-16(22)2/h11-12,16,18H,3-10,13-15H2,1-2H3. The molecule has 2 aliphatic rings. The van der Waals surface area contributed by atoms with Crippen molar-refractivity contribution in [1.82, 2.24) is 9.80 Å². The van der Waals surface area contributed by atoms with Gasteiger partial charge in [-0.15, -0.1) is 0 Å². The molecular weight excluding hydrogens is 300 g/mol. The highest BCUT2D eigenvalue weighted by atomic mass is 16.3. The van der Waals surface area contributed by atoms with Crippen LogP contribution >= 0.6 is 0 Å². The number of aryl methyl sites for hydroxylation is 1. The lowest BCUT2D eigenvalue weighted by atomic mass is 10.0. The monoisotopic (exact) mass is 332 g/mol. The lowest BCUT2D eigenvalue weighted by Gasteiger charge is -2.36. The van der Waals surface area contributed by atoms with Crippen molar-refractivity contribution in [3.8, 4) is 0 Å². The molecule has 1 amide bonds. The quantitative estimate of drug-likeness (QED) is 0.831. The number of likely N-dealkylation sites (tertiary alicyclic amines) is 2. The Morgan fingerprint density at radius 2 is 1.92 bits per heavy atom. The van der Waals surface area contributed by atoms with Crippen LogP contribution in [0, 0.1) is 0 Å². The van der Waals surface area contributed by atoms with Gasteiger partial charge in [-0.1, -0.05) is 19.8 Å². The first-order chi connectivity index (χ1) is 11.7. The molecule has 4 heteroatoms. The molecule has 0 N–H and O–H groups in total. The minimum atomic E-state index is 0.261. The largest absolute Gasteiger partial charge is 0.464 e. The van der Waals surface area contributed by atoms with Crippen molar-refractivity contribution in [3.63, 3.8) is 0 Å². The number of carbonyl (C=O) groups is 1. The van der Waals surface area contributed by atoms with E-state index in [4.69, 9.17) is 4.42 Å². The third kappa shape index (κ3) is 4.02. The topological polar surface area (TPSA) is 36.7 Å². The van der Waals surface area contributed by atoms with Crippen LogP contribution in [0.25, 0.3) is 0 Å². The van der Waals surface area contributed by atoms with E-state index in [1.54, 1.807) is 0 Å². The fraction of sp³-hybridized carbons (Fsp3) is 0.750. The molecule has 2 saturated heterocycles. The molecule has 24 heavy (non-hydrogen) atoms. The SMILES string of the molecule is CCc1ccc(C2CCCCCN2CC(=O)N2CCCCC2C)o1. The van der Waals surface area contributed by atoms with Gasteiger partial charge in [0.1, 0.15) is 11.5 Å². The summed E-state index contributed by atoms with van der Waals surface area (Å²) in [7, 11) is 0. The second kappa shape index (κ2) is 8.19. The van der Waals surface area contributed by atoms with Crippen molar-refractivity contribution in [2.75, 3.05) is 19.6 Å². The Hall–Kier alpha value is -1.29. The Morgan fingerprint density at radius 3 is 2.67 bits per heavy atom. The lowest BCUT2D eigenvalue weighted by molar-refractivity contribution is -0.136. The van der Waals surface area contributed by atoms with Gasteiger partial charge in [0.25, 0.3) is 0 Å². The van der Waals surface area contributed by atoms with Crippen molar-refractivity contribution >= 4 is 5.91 Å². The normalized spacial score (nSPS) is 26.3. The summed E-state index contributed by atoms with van der Waals surface area (Å²) in [4.78, 5) is 17.4. The van der Waals surface area contributed by atoms with Crippen molar-refractivity contribution in [3.05, 3.63) is 23.7 Å². The molecule has 0 radical (unpaired) electrons. The van der Waals surface area contributed by atoms with Crippen LogP contribution in [-0.2, 0) is 11.2 Å². The van der Waals surface area contributed by atoms with Gasteiger partial charge in [-0.3, -0.25) is 9.69 Å². The van der Waals surface area contributed by atoms with Crippen LogP contribution in [0.4, 0.5) is 0 Å². The van der Waals surface area contributed by atoms with Crippen LogP contribution in [0.5, 0.6) is 0 Å². The number of piperidine rings is 1. The molecule has 134 valence electrons. The minimum absolute atomic E-state index is 0.261. The maximum Gasteiger partial charge on any atom is 0.237 e. The number of furan rings is 1. The number of nitrogens with zero attached hydrogens (tertiary/aromatic N) is 2. The smallest absolute Gasteiger partial charge is 0.237 e. The summed E-state index contributed by atoms with van der Waals surface area (Å²) >= 11 is 0. The van der Waals surface area contributed by atoms with Gasteiger partial charge in [0.05, 0.1) is 12.6 Å². The summed E-state index contributed by atoms with van der Waals surface area (Å²) in [6.07, 6.45) is 9.23. The van der Waals surface area contributed by atoms with Crippen LogP contribution in [0.3, 0.4) is 0 Å². The fourth-order valence-electron chi connectivity index (χ4n) is 4.18. The molecule has 0 aliphatic carbocycles. The molecule has 0 bridgehead atoms. The van der Waals surface area contributed by atoms with Gasteiger partial charge < -0.3 is 9.32 Å². The van der Waals surface area contributed by atoms with E-state index in [1.807, 2.05) is 0 Å². The highest BCUT2D eigenvalue weighted by Crippen LogP contribution is 2.31. The predicted molar refractivity (Wildman–Crippen MR) is 95.9 cm³/mol. The van der Waals surface area contributed by atoms with Crippen molar-refractivity contribution < 1.29 is 9.21 Å². The van der Waals surface area contributed by atoms with Gasteiger partial charge in [-0.05, 0) is 57.7 Å². The zero-order valence-electron chi connectivity index (χ0n) is 15.3. The third-order valence-electron chi connectivity index (χ3n) is 5.68. The van der Waals surface area contributed by atoms with Gasteiger partial charge in [-0.2, -0.15) is 0 Å².